The number of carboxylic acid groups (broad SMARTS) is 1. The first kappa shape index (κ1) is 18.3. The highest BCUT2D eigenvalue weighted by Gasteiger charge is 2.31. The number of benzene rings is 1. The molecule has 6 nitrogen and oxygen atoms in total. The number of amides is 1. The molecule has 2 rings (SSSR count). The number of rotatable bonds is 5. The first-order chi connectivity index (χ1) is 10.2. The third-order valence-electron chi connectivity index (χ3n) is 3.61. The second-order valence-electron chi connectivity index (χ2n) is 5.11. The van der Waals surface area contributed by atoms with Crippen LogP contribution in [0.25, 0.3) is 0 Å². The van der Waals surface area contributed by atoms with Crippen molar-refractivity contribution in [2.45, 2.75) is 25.5 Å². The van der Waals surface area contributed by atoms with Crippen LogP contribution in [0.2, 0.25) is 0 Å². The fraction of sp³-hybridized carbons (Fsp3) is 0.467. The summed E-state index contributed by atoms with van der Waals surface area (Å²) in [4.78, 5) is 23.1. The van der Waals surface area contributed by atoms with Crippen LogP contribution in [0.4, 0.5) is 4.79 Å². The number of aliphatic carboxylic acids is 1. The van der Waals surface area contributed by atoms with Crippen LogP contribution in [0.1, 0.15) is 18.4 Å². The summed E-state index contributed by atoms with van der Waals surface area (Å²) in [5, 5.41) is 14.9. The molecule has 1 aliphatic heterocycles. The highest BCUT2D eigenvalue weighted by Crippen LogP contribution is 2.17. The van der Waals surface area contributed by atoms with Gasteiger partial charge in [0.25, 0.3) is 0 Å². The van der Waals surface area contributed by atoms with Gasteiger partial charge in [-0.05, 0) is 37.4 Å². The van der Waals surface area contributed by atoms with Crippen molar-refractivity contribution in [3.8, 4) is 0 Å². The van der Waals surface area contributed by atoms with Crippen LogP contribution in [0.5, 0.6) is 0 Å². The topological polar surface area (TPSA) is 87.7 Å². The van der Waals surface area contributed by atoms with Gasteiger partial charge in [-0.1, -0.05) is 30.3 Å². The van der Waals surface area contributed by atoms with E-state index in [9.17, 15) is 14.7 Å². The van der Waals surface area contributed by atoms with Gasteiger partial charge in [0.1, 0.15) is 12.6 Å². The van der Waals surface area contributed by atoms with Crippen molar-refractivity contribution >= 4 is 24.5 Å². The van der Waals surface area contributed by atoms with Crippen LogP contribution in [-0.2, 0) is 16.1 Å². The molecule has 0 spiro atoms. The molecule has 0 aliphatic carbocycles. The Morgan fingerprint density at radius 1 is 1.27 bits per heavy atom. The molecule has 1 atom stereocenters. The molecule has 1 fully saturated rings. The number of alkyl carbamates (subject to hydrolysis) is 1. The van der Waals surface area contributed by atoms with E-state index in [4.69, 9.17) is 4.74 Å². The van der Waals surface area contributed by atoms with E-state index < -0.39 is 18.1 Å². The largest absolute Gasteiger partial charge is 0.480 e. The molecule has 1 aromatic rings. The van der Waals surface area contributed by atoms with Crippen molar-refractivity contribution in [3.63, 3.8) is 0 Å². The number of halogens is 1. The molecule has 0 bridgehead atoms. The molecule has 0 radical (unpaired) electrons. The lowest BCUT2D eigenvalue weighted by Crippen LogP contribution is -2.49. The minimum absolute atomic E-state index is 0. The minimum atomic E-state index is -1.02. The van der Waals surface area contributed by atoms with Crippen LogP contribution >= 0.6 is 12.4 Å². The molecule has 22 heavy (non-hydrogen) atoms. The number of ether oxygens (including phenoxy) is 1. The molecule has 1 aliphatic rings. The van der Waals surface area contributed by atoms with Gasteiger partial charge >= 0.3 is 12.1 Å². The number of carboxylic acids is 1. The molecule has 1 aromatic carbocycles. The number of carbonyl (C=O) groups is 2. The molecule has 0 saturated carbocycles. The maximum atomic E-state index is 11.8. The SMILES string of the molecule is Cl.O=C(N[C@H](C(=O)O)C1CCNCC1)OCc1ccccc1. The van der Waals surface area contributed by atoms with Crippen LogP contribution in [0.15, 0.2) is 30.3 Å². The molecule has 0 aromatic heterocycles. The van der Waals surface area contributed by atoms with Crippen LogP contribution in [-0.4, -0.2) is 36.3 Å². The maximum Gasteiger partial charge on any atom is 0.408 e. The summed E-state index contributed by atoms with van der Waals surface area (Å²) >= 11 is 0. The fourth-order valence-corrected chi connectivity index (χ4v) is 2.45. The van der Waals surface area contributed by atoms with Gasteiger partial charge in [-0.3, -0.25) is 0 Å². The lowest BCUT2D eigenvalue weighted by molar-refractivity contribution is -0.141. The first-order valence-electron chi connectivity index (χ1n) is 7.07. The highest BCUT2D eigenvalue weighted by molar-refractivity contribution is 5.85. The van der Waals surface area contributed by atoms with E-state index >= 15 is 0 Å². The van der Waals surface area contributed by atoms with E-state index in [1.54, 1.807) is 0 Å². The average molecular weight is 329 g/mol. The Kier molecular flexibility index (Phi) is 7.70. The van der Waals surface area contributed by atoms with Gasteiger partial charge in [0.15, 0.2) is 0 Å². The van der Waals surface area contributed by atoms with E-state index in [1.165, 1.54) is 0 Å². The average Bonchev–Trinajstić information content (AvgIpc) is 2.52. The summed E-state index contributed by atoms with van der Waals surface area (Å²) in [6, 6.07) is 8.37. The zero-order valence-electron chi connectivity index (χ0n) is 12.2. The number of piperidine rings is 1. The Labute approximate surface area is 135 Å². The van der Waals surface area contributed by atoms with Crippen molar-refractivity contribution in [1.29, 1.82) is 0 Å². The predicted octanol–water partition coefficient (Wildman–Crippen LogP) is 1.79. The van der Waals surface area contributed by atoms with Crippen LogP contribution in [0.3, 0.4) is 0 Å². The van der Waals surface area contributed by atoms with E-state index in [-0.39, 0.29) is 24.9 Å². The third kappa shape index (κ3) is 5.54. The van der Waals surface area contributed by atoms with Gasteiger partial charge in [0, 0.05) is 0 Å². The Bertz CT molecular complexity index is 478. The summed E-state index contributed by atoms with van der Waals surface area (Å²) in [7, 11) is 0. The Balaban J connectivity index is 0.00000242. The summed E-state index contributed by atoms with van der Waals surface area (Å²) in [5.74, 6) is -1.08. The summed E-state index contributed by atoms with van der Waals surface area (Å²) < 4.78 is 5.07. The summed E-state index contributed by atoms with van der Waals surface area (Å²) in [5.41, 5.74) is 0.862. The van der Waals surface area contributed by atoms with Crippen molar-refractivity contribution in [2.75, 3.05) is 13.1 Å². The number of hydrogen-bond donors (Lipinski definition) is 3. The van der Waals surface area contributed by atoms with Gasteiger partial charge in [0.05, 0.1) is 0 Å². The Hall–Kier alpha value is -1.79. The van der Waals surface area contributed by atoms with Crippen molar-refractivity contribution in [2.24, 2.45) is 5.92 Å². The smallest absolute Gasteiger partial charge is 0.408 e. The van der Waals surface area contributed by atoms with Gasteiger partial charge in [-0.2, -0.15) is 0 Å². The van der Waals surface area contributed by atoms with Crippen LogP contribution in [0, 0.1) is 5.92 Å². The lowest BCUT2D eigenvalue weighted by atomic mass is 9.90. The second-order valence-corrected chi connectivity index (χ2v) is 5.11. The zero-order valence-corrected chi connectivity index (χ0v) is 13.0. The number of carbonyl (C=O) groups excluding carboxylic acids is 1. The highest BCUT2D eigenvalue weighted by atomic mass is 35.5. The standard InChI is InChI=1S/C15H20N2O4.ClH/c18-14(19)13(12-6-8-16-9-7-12)17-15(20)21-10-11-4-2-1-3-5-11;/h1-5,12-13,16H,6-10H2,(H,17,20)(H,18,19);1H/t13-;/m0./s1. The Morgan fingerprint density at radius 2 is 1.91 bits per heavy atom. The number of hydrogen-bond acceptors (Lipinski definition) is 4. The maximum absolute atomic E-state index is 11.8. The van der Waals surface area contributed by atoms with Crippen molar-refractivity contribution in [3.05, 3.63) is 35.9 Å². The molecular formula is C15H21ClN2O4. The first-order valence-corrected chi connectivity index (χ1v) is 7.07. The molecule has 1 saturated heterocycles. The lowest BCUT2D eigenvalue weighted by Gasteiger charge is -2.28. The molecule has 3 N–H and O–H groups in total. The van der Waals surface area contributed by atoms with Gasteiger partial charge in [0.2, 0.25) is 0 Å². The van der Waals surface area contributed by atoms with Gasteiger partial charge < -0.3 is 20.5 Å². The fourth-order valence-electron chi connectivity index (χ4n) is 2.45. The normalized spacial score (nSPS) is 16.2. The van der Waals surface area contributed by atoms with Crippen molar-refractivity contribution in [1.82, 2.24) is 10.6 Å². The zero-order chi connectivity index (χ0) is 15.1. The minimum Gasteiger partial charge on any atom is -0.480 e. The molecule has 1 amide bonds. The van der Waals surface area contributed by atoms with E-state index in [0.29, 0.717) is 0 Å². The molecule has 7 heteroatoms. The Morgan fingerprint density at radius 3 is 2.50 bits per heavy atom. The summed E-state index contributed by atoms with van der Waals surface area (Å²) in [6.07, 6.45) is 0.774. The van der Waals surface area contributed by atoms with Crippen LogP contribution < -0.4 is 10.6 Å². The van der Waals surface area contributed by atoms with Crippen molar-refractivity contribution < 1.29 is 19.4 Å². The molecule has 1 heterocycles. The molecule has 0 unspecified atom stereocenters. The number of nitrogens with one attached hydrogen (secondary N) is 2. The molecular weight excluding hydrogens is 308 g/mol. The second kappa shape index (κ2) is 9.27. The van der Waals surface area contributed by atoms with E-state index in [1.807, 2.05) is 30.3 Å². The quantitative estimate of drug-likeness (QED) is 0.767. The predicted molar refractivity (Wildman–Crippen MR) is 84.0 cm³/mol. The monoisotopic (exact) mass is 328 g/mol. The van der Waals surface area contributed by atoms with E-state index in [0.717, 1.165) is 31.5 Å². The molecule has 122 valence electrons. The van der Waals surface area contributed by atoms with Gasteiger partial charge in [-0.15, -0.1) is 12.4 Å². The third-order valence-corrected chi connectivity index (χ3v) is 3.61. The summed E-state index contributed by atoms with van der Waals surface area (Å²) in [6.45, 7) is 1.68. The van der Waals surface area contributed by atoms with E-state index in [2.05, 4.69) is 10.6 Å². The van der Waals surface area contributed by atoms with Gasteiger partial charge in [-0.25, -0.2) is 9.59 Å².